The molecule has 2 N–H and O–H groups in total. The third-order valence-corrected chi connectivity index (χ3v) is 3.36. The Morgan fingerprint density at radius 3 is 1.91 bits per heavy atom. The van der Waals surface area contributed by atoms with Gasteiger partial charge in [-0.05, 0) is 20.5 Å². The maximum absolute atomic E-state index is 5.06. The Hall–Kier alpha value is -0.890. The second-order valence-electron chi connectivity index (χ2n) is 5.37. The predicted octanol–water partition coefficient (Wildman–Crippen LogP) is -0.302. The fourth-order valence-corrected chi connectivity index (χ4v) is 1.90. The summed E-state index contributed by atoms with van der Waals surface area (Å²) in [4.78, 5) is 8.75. The lowest BCUT2D eigenvalue weighted by Crippen LogP contribution is -2.43. The number of ether oxygens (including phenoxy) is 2. The van der Waals surface area contributed by atoms with Crippen molar-refractivity contribution in [1.82, 2.24) is 20.4 Å². The molecule has 0 aromatic heterocycles. The fraction of sp³-hybridized carbons (Fsp3) is 0.933. The summed E-state index contributed by atoms with van der Waals surface area (Å²) < 4.78 is 10.1. The highest BCUT2D eigenvalue weighted by Crippen LogP contribution is 1.87. The largest absolute Gasteiger partial charge is 0.385 e. The number of guanidine groups is 1. The highest BCUT2D eigenvalue weighted by atomic mass is 16.5. The molecule has 22 heavy (non-hydrogen) atoms. The van der Waals surface area contributed by atoms with Gasteiger partial charge in [0.25, 0.3) is 0 Å². The van der Waals surface area contributed by atoms with E-state index < -0.39 is 0 Å². The molecule has 0 aliphatic rings. The third kappa shape index (κ3) is 12.8. The summed E-state index contributed by atoms with van der Waals surface area (Å²) in [7, 11) is 9.48. The summed E-state index contributed by atoms with van der Waals surface area (Å²) in [5.74, 6) is 0.852. The molecule has 0 aromatic carbocycles. The first-order chi connectivity index (χ1) is 10.6. The minimum atomic E-state index is 0.763. The Bertz CT molecular complexity index is 277. The first-order valence-corrected chi connectivity index (χ1v) is 7.93. The van der Waals surface area contributed by atoms with Crippen molar-refractivity contribution >= 4 is 5.96 Å². The summed E-state index contributed by atoms with van der Waals surface area (Å²) >= 11 is 0. The van der Waals surface area contributed by atoms with Crippen LogP contribution in [0.1, 0.15) is 6.42 Å². The van der Waals surface area contributed by atoms with Crippen LogP contribution in [0.15, 0.2) is 4.99 Å². The van der Waals surface area contributed by atoms with Crippen LogP contribution in [-0.2, 0) is 9.47 Å². The van der Waals surface area contributed by atoms with Gasteiger partial charge in [0.1, 0.15) is 0 Å². The van der Waals surface area contributed by atoms with Gasteiger partial charge in [0.2, 0.25) is 0 Å². The number of rotatable bonds is 13. The zero-order valence-corrected chi connectivity index (χ0v) is 15.0. The number of likely N-dealkylation sites (N-methyl/N-ethyl adjacent to an activating group) is 2. The number of nitrogens with zero attached hydrogens (tertiary/aromatic N) is 3. The van der Waals surface area contributed by atoms with E-state index in [4.69, 9.17) is 9.47 Å². The maximum atomic E-state index is 5.06. The SMILES string of the molecule is CN=C(NCCN(C)CCCOC)NCCN(C)CCOC. The van der Waals surface area contributed by atoms with Crippen LogP contribution in [0.25, 0.3) is 0 Å². The number of hydrogen-bond donors (Lipinski definition) is 2. The van der Waals surface area contributed by atoms with Crippen LogP contribution in [0.4, 0.5) is 0 Å². The Balaban J connectivity index is 3.67. The highest BCUT2D eigenvalue weighted by Gasteiger charge is 2.01. The van der Waals surface area contributed by atoms with Gasteiger partial charge in [0.05, 0.1) is 6.61 Å². The van der Waals surface area contributed by atoms with Gasteiger partial charge in [0.15, 0.2) is 5.96 Å². The molecule has 0 amide bonds. The molecule has 7 heteroatoms. The van der Waals surface area contributed by atoms with Gasteiger partial charge in [-0.25, -0.2) is 0 Å². The minimum Gasteiger partial charge on any atom is -0.385 e. The molecule has 0 radical (unpaired) electrons. The standard InChI is InChI=1S/C15H35N5O2/c1-16-15(18-8-11-20(3)12-14-22-5)17-7-10-19(2)9-6-13-21-4/h6-14H2,1-5H3,(H2,16,17,18). The molecule has 0 unspecified atom stereocenters. The Morgan fingerprint density at radius 1 is 0.864 bits per heavy atom. The molecule has 0 spiro atoms. The average molecular weight is 317 g/mol. The van der Waals surface area contributed by atoms with Gasteiger partial charge in [-0.1, -0.05) is 0 Å². The minimum absolute atomic E-state index is 0.763. The molecule has 0 aromatic rings. The van der Waals surface area contributed by atoms with E-state index in [0.29, 0.717) is 0 Å². The lowest BCUT2D eigenvalue weighted by Gasteiger charge is -2.19. The van der Waals surface area contributed by atoms with Crippen LogP contribution in [0, 0.1) is 0 Å². The van der Waals surface area contributed by atoms with E-state index in [-0.39, 0.29) is 0 Å². The zero-order valence-electron chi connectivity index (χ0n) is 15.0. The predicted molar refractivity (Wildman–Crippen MR) is 92.7 cm³/mol. The van der Waals surface area contributed by atoms with Gasteiger partial charge in [-0.2, -0.15) is 0 Å². The quantitative estimate of drug-likeness (QED) is 0.276. The van der Waals surface area contributed by atoms with Crippen molar-refractivity contribution in [2.75, 3.05) is 87.8 Å². The molecule has 0 fully saturated rings. The van der Waals surface area contributed by atoms with Crippen LogP contribution >= 0.6 is 0 Å². The van der Waals surface area contributed by atoms with E-state index in [0.717, 1.165) is 64.9 Å². The van der Waals surface area contributed by atoms with Gasteiger partial charge in [-0.3, -0.25) is 4.99 Å². The number of nitrogens with one attached hydrogen (secondary N) is 2. The molecular formula is C15H35N5O2. The van der Waals surface area contributed by atoms with E-state index in [1.54, 1.807) is 21.3 Å². The van der Waals surface area contributed by atoms with Crippen molar-refractivity contribution in [2.45, 2.75) is 6.42 Å². The van der Waals surface area contributed by atoms with E-state index in [9.17, 15) is 0 Å². The second kappa shape index (κ2) is 15.0. The first kappa shape index (κ1) is 21.1. The van der Waals surface area contributed by atoms with Crippen molar-refractivity contribution in [3.63, 3.8) is 0 Å². The topological polar surface area (TPSA) is 61.4 Å². The van der Waals surface area contributed by atoms with Gasteiger partial charge < -0.3 is 29.9 Å². The molecule has 0 heterocycles. The Morgan fingerprint density at radius 2 is 1.41 bits per heavy atom. The Kier molecular flexibility index (Phi) is 14.4. The third-order valence-electron chi connectivity index (χ3n) is 3.36. The van der Waals surface area contributed by atoms with Crippen molar-refractivity contribution in [2.24, 2.45) is 4.99 Å². The Labute approximate surface area is 136 Å². The summed E-state index contributed by atoms with van der Waals surface area (Å²) in [6.07, 6.45) is 1.06. The van der Waals surface area contributed by atoms with Crippen molar-refractivity contribution in [3.05, 3.63) is 0 Å². The van der Waals surface area contributed by atoms with Gasteiger partial charge in [-0.15, -0.1) is 0 Å². The summed E-state index contributed by atoms with van der Waals surface area (Å²) in [5.41, 5.74) is 0. The highest BCUT2D eigenvalue weighted by molar-refractivity contribution is 5.79. The lowest BCUT2D eigenvalue weighted by atomic mass is 10.4. The van der Waals surface area contributed by atoms with Crippen molar-refractivity contribution in [1.29, 1.82) is 0 Å². The van der Waals surface area contributed by atoms with E-state index in [1.165, 1.54) is 0 Å². The smallest absolute Gasteiger partial charge is 0.191 e. The van der Waals surface area contributed by atoms with Gasteiger partial charge in [0, 0.05) is 67.1 Å². The summed E-state index contributed by atoms with van der Waals surface area (Å²) in [6.45, 7) is 7.25. The average Bonchev–Trinajstić information content (AvgIpc) is 2.51. The molecule has 0 bridgehead atoms. The molecule has 0 aliphatic heterocycles. The number of hydrogen-bond acceptors (Lipinski definition) is 5. The van der Waals surface area contributed by atoms with Crippen molar-refractivity contribution in [3.8, 4) is 0 Å². The number of methoxy groups -OCH3 is 2. The molecule has 0 atom stereocenters. The fourth-order valence-electron chi connectivity index (χ4n) is 1.90. The van der Waals surface area contributed by atoms with Crippen LogP contribution in [0.3, 0.4) is 0 Å². The van der Waals surface area contributed by atoms with Crippen LogP contribution in [0.5, 0.6) is 0 Å². The molecule has 0 aliphatic carbocycles. The first-order valence-electron chi connectivity index (χ1n) is 7.93. The van der Waals surface area contributed by atoms with E-state index in [2.05, 4.69) is 39.5 Å². The summed E-state index contributed by atoms with van der Waals surface area (Å²) in [5, 5.41) is 6.65. The van der Waals surface area contributed by atoms with Crippen molar-refractivity contribution < 1.29 is 9.47 Å². The zero-order chi connectivity index (χ0) is 16.6. The van der Waals surface area contributed by atoms with Crippen LogP contribution < -0.4 is 10.6 Å². The van der Waals surface area contributed by atoms with Crippen LogP contribution in [0.2, 0.25) is 0 Å². The molecule has 7 nitrogen and oxygen atoms in total. The molecule has 132 valence electrons. The van der Waals surface area contributed by atoms with Gasteiger partial charge >= 0.3 is 0 Å². The summed E-state index contributed by atoms with van der Waals surface area (Å²) in [6, 6.07) is 0. The van der Waals surface area contributed by atoms with E-state index >= 15 is 0 Å². The second-order valence-corrected chi connectivity index (χ2v) is 5.37. The van der Waals surface area contributed by atoms with Crippen LogP contribution in [-0.4, -0.2) is 104 Å². The molecule has 0 rings (SSSR count). The lowest BCUT2D eigenvalue weighted by molar-refractivity contribution is 0.162. The van der Waals surface area contributed by atoms with E-state index in [1.807, 2.05) is 0 Å². The normalized spacial score (nSPS) is 12.2. The molecule has 0 saturated heterocycles. The monoisotopic (exact) mass is 317 g/mol. The molecule has 0 saturated carbocycles. The maximum Gasteiger partial charge on any atom is 0.191 e. The number of aliphatic imine (C=N–C) groups is 1. The molecular weight excluding hydrogens is 282 g/mol.